The Hall–Kier alpha value is -4.28. The third kappa shape index (κ3) is 9.17. The van der Waals surface area contributed by atoms with Gasteiger partial charge in [0.1, 0.15) is 23.1 Å². The second-order valence-corrected chi connectivity index (χ2v) is 12.6. The third-order valence-electron chi connectivity index (χ3n) is 9.01. The van der Waals surface area contributed by atoms with E-state index in [1.54, 1.807) is 30.2 Å². The molecule has 3 amide bonds. The molecule has 0 bridgehead atoms. The fourth-order valence-corrected chi connectivity index (χ4v) is 6.30. The van der Waals surface area contributed by atoms with Gasteiger partial charge in [0.25, 0.3) is 0 Å². The second kappa shape index (κ2) is 16.5. The van der Waals surface area contributed by atoms with Gasteiger partial charge in [-0.1, -0.05) is 74.5 Å². The maximum atomic E-state index is 14.8. The molecule has 0 saturated carbocycles. The van der Waals surface area contributed by atoms with Gasteiger partial charge in [-0.25, -0.2) is 4.39 Å². The molecule has 3 unspecified atom stereocenters. The van der Waals surface area contributed by atoms with Crippen molar-refractivity contribution in [3.63, 3.8) is 0 Å². The molecule has 0 spiro atoms. The van der Waals surface area contributed by atoms with Crippen molar-refractivity contribution in [2.24, 2.45) is 5.92 Å². The lowest BCUT2D eigenvalue weighted by atomic mass is 9.84. The van der Waals surface area contributed by atoms with Crippen molar-refractivity contribution in [3.05, 3.63) is 101 Å². The number of nitrogens with zero attached hydrogens (tertiary/aromatic N) is 1. The van der Waals surface area contributed by atoms with Crippen LogP contribution in [0.3, 0.4) is 0 Å². The largest absolute Gasteiger partial charge is 0.497 e. The molecular weight excluding hydrogens is 599 g/mol. The lowest BCUT2D eigenvalue weighted by molar-refractivity contribution is -0.144. The Labute approximate surface area is 276 Å². The summed E-state index contributed by atoms with van der Waals surface area (Å²) in [7, 11) is 1.59. The van der Waals surface area contributed by atoms with E-state index in [-0.39, 0.29) is 37.2 Å². The number of carbonyl (C=O) groups is 3. The predicted octanol–water partition coefficient (Wildman–Crippen LogP) is 3.78. The summed E-state index contributed by atoms with van der Waals surface area (Å²) in [6, 6.07) is 21.8. The van der Waals surface area contributed by atoms with E-state index in [4.69, 9.17) is 4.74 Å². The molecule has 47 heavy (non-hydrogen) atoms. The molecule has 9 nitrogen and oxygen atoms in total. The van der Waals surface area contributed by atoms with E-state index < -0.39 is 35.5 Å². The van der Waals surface area contributed by atoms with Crippen LogP contribution in [0.2, 0.25) is 0 Å². The van der Waals surface area contributed by atoms with Gasteiger partial charge in [-0.05, 0) is 66.5 Å². The summed E-state index contributed by atoms with van der Waals surface area (Å²) in [5.41, 5.74) is 1.20. The van der Waals surface area contributed by atoms with Gasteiger partial charge in [0, 0.05) is 26.6 Å². The van der Waals surface area contributed by atoms with E-state index in [1.165, 1.54) is 13.0 Å². The first-order valence-electron chi connectivity index (χ1n) is 16.2. The van der Waals surface area contributed by atoms with Gasteiger partial charge in [-0.15, -0.1) is 0 Å². The highest BCUT2D eigenvalue weighted by Crippen LogP contribution is 2.33. The van der Waals surface area contributed by atoms with E-state index in [1.807, 2.05) is 68.4 Å². The lowest BCUT2D eigenvalue weighted by Gasteiger charge is -2.35. The molecular formula is C37H47FN4O5. The third-order valence-corrected chi connectivity index (χ3v) is 9.01. The highest BCUT2D eigenvalue weighted by atomic mass is 19.1. The average Bonchev–Trinajstić information content (AvgIpc) is 3.38. The van der Waals surface area contributed by atoms with Crippen molar-refractivity contribution >= 4 is 17.7 Å². The molecule has 1 aliphatic rings. The van der Waals surface area contributed by atoms with Gasteiger partial charge >= 0.3 is 0 Å². The molecule has 0 aromatic heterocycles. The topological polar surface area (TPSA) is 120 Å². The molecule has 4 atom stereocenters. The maximum absolute atomic E-state index is 14.8. The minimum Gasteiger partial charge on any atom is -0.497 e. The Morgan fingerprint density at radius 3 is 2.40 bits per heavy atom. The molecule has 252 valence electrons. The standard InChI is InChI=1S/C37H47FN4O5/c1-25(2)37(41-26(3)43)19-20-42(36(37)46)33(18-17-27-11-6-5-7-12-27)35(45)40-32(22-29-14-8-9-16-31(29)38)34(44)24-39-23-28-13-10-15-30(21-28)47-4/h5-16,21,25,32-34,39,44H,17-20,22-24H2,1-4H3,(H,40,45)(H,41,43)/t32?,33-,34?,37?/m0/s1. The van der Waals surface area contributed by atoms with E-state index in [0.29, 0.717) is 37.1 Å². The van der Waals surface area contributed by atoms with Crippen LogP contribution in [0.1, 0.15) is 50.3 Å². The van der Waals surface area contributed by atoms with Crippen LogP contribution in [0.4, 0.5) is 4.39 Å². The summed E-state index contributed by atoms with van der Waals surface area (Å²) >= 11 is 0. The number of likely N-dealkylation sites (tertiary alicyclic amines) is 1. The number of nitrogens with one attached hydrogen (secondary N) is 3. The van der Waals surface area contributed by atoms with E-state index in [0.717, 1.165) is 11.1 Å². The number of benzene rings is 3. The molecule has 4 rings (SSSR count). The van der Waals surface area contributed by atoms with E-state index in [2.05, 4.69) is 16.0 Å². The molecule has 1 heterocycles. The summed E-state index contributed by atoms with van der Waals surface area (Å²) in [6.07, 6.45) is 0.185. The zero-order chi connectivity index (χ0) is 34.0. The number of hydrogen-bond donors (Lipinski definition) is 4. The summed E-state index contributed by atoms with van der Waals surface area (Å²) < 4.78 is 20.1. The normalized spacial score (nSPS) is 18.1. The van der Waals surface area contributed by atoms with Crippen LogP contribution in [-0.4, -0.2) is 71.7 Å². The molecule has 0 aliphatic carbocycles. The molecule has 4 N–H and O–H groups in total. The highest BCUT2D eigenvalue weighted by Gasteiger charge is 2.52. The van der Waals surface area contributed by atoms with Crippen molar-refractivity contribution in [2.45, 2.75) is 76.7 Å². The van der Waals surface area contributed by atoms with E-state index >= 15 is 0 Å². The van der Waals surface area contributed by atoms with E-state index in [9.17, 15) is 23.9 Å². The first-order chi connectivity index (χ1) is 22.5. The summed E-state index contributed by atoms with van der Waals surface area (Å²) in [6.45, 7) is 6.00. The van der Waals surface area contributed by atoms with Gasteiger partial charge < -0.3 is 30.7 Å². The van der Waals surface area contributed by atoms with Crippen LogP contribution in [0, 0.1) is 11.7 Å². The van der Waals surface area contributed by atoms with Crippen molar-refractivity contribution < 1.29 is 28.6 Å². The predicted molar refractivity (Wildman–Crippen MR) is 179 cm³/mol. The fraction of sp³-hybridized carbons (Fsp3) is 0.432. The molecule has 0 radical (unpaired) electrons. The molecule has 1 aliphatic heterocycles. The number of amides is 3. The van der Waals surface area contributed by atoms with Crippen LogP contribution >= 0.6 is 0 Å². The SMILES string of the molecule is COc1cccc(CNCC(O)C(Cc2ccccc2F)NC(=O)[C@H](CCc2ccccc2)N2CCC(NC(C)=O)(C(C)C)C2=O)c1. The number of ether oxygens (including phenoxy) is 1. The van der Waals surface area contributed by atoms with Crippen molar-refractivity contribution in [3.8, 4) is 5.75 Å². The van der Waals surface area contributed by atoms with Gasteiger partial charge in [0.2, 0.25) is 17.7 Å². The number of methoxy groups -OCH3 is 1. The fourth-order valence-electron chi connectivity index (χ4n) is 6.30. The Morgan fingerprint density at radius 2 is 1.72 bits per heavy atom. The second-order valence-electron chi connectivity index (χ2n) is 12.6. The number of halogens is 1. The lowest BCUT2D eigenvalue weighted by Crippen LogP contribution is -2.60. The molecule has 3 aromatic rings. The van der Waals surface area contributed by atoms with Crippen molar-refractivity contribution in [1.29, 1.82) is 0 Å². The van der Waals surface area contributed by atoms with Gasteiger partial charge in [-0.2, -0.15) is 0 Å². The van der Waals surface area contributed by atoms with Crippen LogP contribution < -0.4 is 20.7 Å². The van der Waals surface area contributed by atoms with Crippen LogP contribution in [0.15, 0.2) is 78.9 Å². The Morgan fingerprint density at radius 1 is 1.02 bits per heavy atom. The van der Waals surface area contributed by atoms with Crippen LogP contribution in [0.25, 0.3) is 0 Å². The molecule has 3 aromatic carbocycles. The van der Waals surface area contributed by atoms with Crippen molar-refractivity contribution in [2.75, 3.05) is 20.2 Å². The minimum absolute atomic E-state index is 0.0432. The smallest absolute Gasteiger partial charge is 0.249 e. The number of hydrogen-bond acceptors (Lipinski definition) is 6. The average molecular weight is 647 g/mol. The Balaban J connectivity index is 1.57. The Kier molecular flexibility index (Phi) is 12.5. The number of aryl methyl sites for hydroxylation is 1. The number of rotatable bonds is 16. The highest BCUT2D eigenvalue weighted by molar-refractivity contribution is 5.96. The zero-order valence-electron chi connectivity index (χ0n) is 27.7. The quantitative estimate of drug-likeness (QED) is 0.188. The zero-order valence-corrected chi connectivity index (χ0v) is 27.7. The first kappa shape index (κ1) is 35.6. The number of carbonyl (C=O) groups excluding carboxylic acids is 3. The van der Waals surface area contributed by atoms with Crippen LogP contribution in [0.5, 0.6) is 5.75 Å². The number of aliphatic hydroxyl groups excluding tert-OH is 1. The molecule has 1 fully saturated rings. The summed E-state index contributed by atoms with van der Waals surface area (Å²) in [5.74, 6) is -0.975. The van der Waals surface area contributed by atoms with Gasteiger partial charge in [0.05, 0.1) is 19.3 Å². The monoisotopic (exact) mass is 646 g/mol. The molecule has 10 heteroatoms. The van der Waals surface area contributed by atoms with Gasteiger partial charge in [0.15, 0.2) is 0 Å². The first-order valence-corrected chi connectivity index (χ1v) is 16.2. The maximum Gasteiger partial charge on any atom is 0.249 e. The van der Waals surface area contributed by atoms with Gasteiger partial charge in [-0.3, -0.25) is 14.4 Å². The molecule has 1 saturated heterocycles. The van der Waals surface area contributed by atoms with Crippen LogP contribution in [-0.2, 0) is 33.8 Å². The van der Waals surface area contributed by atoms with Crippen molar-refractivity contribution in [1.82, 2.24) is 20.9 Å². The Bertz CT molecular complexity index is 1500. The summed E-state index contributed by atoms with van der Waals surface area (Å²) in [5, 5.41) is 20.5. The number of aliphatic hydroxyl groups is 1. The minimum atomic E-state index is -1.12. The summed E-state index contributed by atoms with van der Waals surface area (Å²) in [4.78, 5) is 42.0.